The van der Waals surface area contributed by atoms with Gasteiger partial charge in [0, 0.05) is 13.1 Å². The standard InChI is InChI=1S/C20H25N3O3/c1-15-11-16(2)13-18(12-15)26-8-5-20(24)22-17-3-4-19(21-14-17)23-6-9-25-10-7-23/h3-4,11-14H,5-10H2,1-2H3,(H,22,24). The van der Waals surface area contributed by atoms with Crippen molar-refractivity contribution in [2.75, 3.05) is 43.1 Å². The van der Waals surface area contributed by atoms with Gasteiger partial charge < -0.3 is 19.7 Å². The summed E-state index contributed by atoms with van der Waals surface area (Å²) in [6.07, 6.45) is 1.98. The van der Waals surface area contributed by atoms with E-state index < -0.39 is 0 Å². The van der Waals surface area contributed by atoms with Crippen LogP contribution in [0.5, 0.6) is 5.75 Å². The Morgan fingerprint density at radius 3 is 2.58 bits per heavy atom. The molecule has 0 atom stereocenters. The summed E-state index contributed by atoms with van der Waals surface area (Å²) in [6.45, 7) is 7.53. The number of hydrogen-bond donors (Lipinski definition) is 1. The minimum atomic E-state index is -0.0877. The second-order valence-electron chi connectivity index (χ2n) is 6.47. The third kappa shape index (κ3) is 5.20. The molecule has 138 valence electrons. The molecule has 0 unspecified atom stereocenters. The van der Waals surface area contributed by atoms with Gasteiger partial charge in [0.15, 0.2) is 0 Å². The third-order valence-electron chi connectivity index (χ3n) is 4.16. The van der Waals surface area contributed by atoms with Crippen molar-refractivity contribution in [1.29, 1.82) is 0 Å². The first-order valence-electron chi connectivity index (χ1n) is 8.90. The van der Waals surface area contributed by atoms with Crippen LogP contribution >= 0.6 is 0 Å². The van der Waals surface area contributed by atoms with E-state index in [9.17, 15) is 4.79 Å². The zero-order valence-electron chi connectivity index (χ0n) is 15.3. The van der Waals surface area contributed by atoms with Crippen LogP contribution in [0.4, 0.5) is 11.5 Å². The number of aromatic nitrogens is 1. The van der Waals surface area contributed by atoms with Crippen molar-refractivity contribution >= 4 is 17.4 Å². The van der Waals surface area contributed by atoms with Crippen LogP contribution in [0.25, 0.3) is 0 Å². The molecule has 1 aliphatic heterocycles. The predicted octanol–water partition coefficient (Wildman–Crippen LogP) is 2.94. The van der Waals surface area contributed by atoms with Gasteiger partial charge in [-0.1, -0.05) is 6.07 Å². The maximum atomic E-state index is 12.1. The number of nitrogens with one attached hydrogen (secondary N) is 1. The highest BCUT2D eigenvalue weighted by molar-refractivity contribution is 5.90. The Hall–Kier alpha value is -2.60. The molecule has 0 bridgehead atoms. The highest BCUT2D eigenvalue weighted by atomic mass is 16.5. The Morgan fingerprint density at radius 1 is 1.19 bits per heavy atom. The molecule has 6 nitrogen and oxygen atoms in total. The Labute approximate surface area is 154 Å². The molecule has 1 aromatic carbocycles. The molecule has 0 spiro atoms. The summed E-state index contributed by atoms with van der Waals surface area (Å²) < 4.78 is 11.0. The van der Waals surface area contributed by atoms with Crippen LogP contribution < -0.4 is 15.0 Å². The number of nitrogens with zero attached hydrogens (tertiary/aromatic N) is 2. The number of carbonyl (C=O) groups is 1. The van der Waals surface area contributed by atoms with Gasteiger partial charge in [-0.3, -0.25) is 4.79 Å². The number of anilines is 2. The molecule has 1 aromatic heterocycles. The van der Waals surface area contributed by atoms with E-state index in [-0.39, 0.29) is 12.3 Å². The fourth-order valence-electron chi connectivity index (χ4n) is 2.94. The normalized spacial score (nSPS) is 14.2. The number of amides is 1. The molecular weight excluding hydrogens is 330 g/mol. The quantitative estimate of drug-likeness (QED) is 0.863. The molecular formula is C20H25N3O3. The number of pyridine rings is 1. The molecule has 0 aliphatic carbocycles. The van der Waals surface area contributed by atoms with Crippen LogP contribution in [0.2, 0.25) is 0 Å². The van der Waals surface area contributed by atoms with E-state index >= 15 is 0 Å². The van der Waals surface area contributed by atoms with Gasteiger partial charge in [0.05, 0.1) is 38.1 Å². The molecule has 2 aromatic rings. The number of rotatable bonds is 6. The highest BCUT2D eigenvalue weighted by Crippen LogP contribution is 2.17. The molecule has 1 amide bonds. The molecule has 26 heavy (non-hydrogen) atoms. The monoisotopic (exact) mass is 355 g/mol. The summed E-state index contributed by atoms with van der Waals surface area (Å²) in [5.41, 5.74) is 2.99. The summed E-state index contributed by atoms with van der Waals surface area (Å²) >= 11 is 0. The van der Waals surface area contributed by atoms with Gasteiger partial charge in [-0.15, -0.1) is 0 Å². The molecule has 1 fully saturated rings. The SMILES string of the molecule is Cc1cc(C)cc(OCCC(=O)Nc2ccc(N3CCOCC3)nc2)c1. The predicted molar refractivity (Wildman–Crippen MR) is 102 cm³/mol. The average Bonchev–Trinajstić information content (AvgIpc) is 2.62. The van der Waals surface area contributed by atoms with Crippen LogP contribution in [0.1, 0.15) is 17.5 Å². The lowest BCUT2D eigenvalue weighted by Crippen LogP contribution is -2.36. The summed E-state index contributed by atoms with van der Waals surface area (Å²) in [4.78, 5) is 18.7. The van der Waals surface area contributed by atoms with Crippen molar-refractivity contribution in [3.63, 3.8) is 0 Å². The first-order chi connectivity index (χ1) is 12.6. The number of hydrogen-bond acceptors (Lipinski definition) is 5. The Balaban J connectivity index is 1.45. The van der Waals surface area contributed by atoms with Gasteiger partial charge >= 0.3 is 0 Å². The zero-order chi connectivity index (χ0) is 18.4. The summed E-state index contributed by atoms with van der Waals surface area (Å²) in [6, 6.07) is 9.83. The molecule has 1 saturated heterocycles. The number of benzene rings is 1. The Morgan fingerprint density at radius 2 is 1.92 bits per heavy atom. The van der Waals surface area contributed by atoms with E-state index in [4.69, 9.17) is 9.47 Å². The van der Waals surface area contributed by atoms with Crippen molar-refractivity contribution in [1.82, 2.24) is 4.98 Å². The van der Waals surface area contributed by atoms with Gasteiger partial charge in [-0.2, -0.15) is 0 Å². The van der Waals surface area contributed by atoms with Crippen molar-refractivity contribution in [3.05, 3.63) is 47.7 Å². The van der Waals surface area contributed by atoms with E-state index in [1.165, 1.54) is 0 Å². The first-order valence-corrected chi connectivity index (χ1v) is 8.90. The van der Waals surface area contributed by atoms with Gasteiger partial charge in [0.25, 0.3) is 0 Å². The lowest BCUT2D eigenvalue weighted by atomic mass is 10.1. The maximum absolute atomic E-state index is 12.1. The van der Waals surface area contributed by atoms with Gasteiger partial charge in [-0.25, -0.2) is 4.98 Å². The average molecular weight is 355 g/mol. The largest absolute Gasteiger partial charge is 0.493 e. The second kappa shape index (κ2) is 8.67. The van der Waals surface area contributed by atoms with Crippen LogP contribution in [-0.4, -0.2) is 43.8 Å². The molecule has 0 saturated carbocycles. The topological polar surface area (TPSA) is 63.7 Å². The van der Waals surface area contributed by atoms with Crippen LogP contribution in [0, 0.1) is 13.8 Å². The summed E-state index contributed by atoms with van der Waals surface area (Å²) in [5, 5.41) is 2.86. The van der Waals surface area contributed by atoms with E-state index in [1.54, 1.807) is 6.20 Å². The molecule has 6 heteroatoms. The Kier molecular flexibility index (Phi) is 6.07. The number of morpholine rings is 1. The van der Waals surface area contributed by atoms with Crippen molar-refractivity contribution in [2.45, 2.75) is 20.3 Å². The van der Waals surface area contributed by atoms with E-state index in [0.717, 1.165) is 49.0 Å². The van der Waals surface area contributed by atoms with E-state index in [0.29, 0.717) is 12.3 Å². The smallest absolute Gasteiger partial charge is 0.227 e. The van der Waals surface area contributed by atoms with Gasteiger partial charge in [0.2, 0.25) is 5.91 Å². The summed E-state index contributed by atoms with van der Waals surface area (Å²) in [5.74, 6) is 1.62. The Bertz CT molecular complexity index is 720. The van der Waals surface area contributed by atoms with E-state index in [2.05, 4.69) is 21.3 Å². The van der Waals surface area contributed by atoms with Crippen LogP contribution in [0.3, 0.4) is 0 Å². The minimum Gasteiger partial charge on any atom is -0.493 e. The number of carbonyl (C=O) groups excluding carboxylic acids is 1. The minimum absolute atomic E-state index is 0.0877. The van der Waals surface area contributed by atoms with Crippen molar-refractivity contribution in [2.24, 2.45) is 0 Å². The van der Waals surface area contributed by atoms with Crippen LogP contribution in [0.15, 0.2) is 36.5 Å². The fourth-order valence-corrected chi connectivity index (χ4v) is 2.94. The zero-order valence-corrected chi connectivity index (χ0v) is 15.3. The maximum Gasteiger partial charge on any atom is 0.227 e. The molecule has 1 aliphatic rings. The third-order valence-corrected chi connectivity index (χ3v) is 4.16. The second-order valence-corrected chi connectivity index (χ2v) is 6.47. The van der Waals surface area contributed by atoms with Gasteiger partial charge in [-0.05, 0) is 49.2 Å². The van der Waals surface area contributed by atoms with Crippen LogP contribution in [-0.2, 0) is 9.53 Å². The molecule has 0 radical (unpaired) electrons. The highest BCUT2D eigenvalue weighted by Gasteiger charge is 2.12. The van der Waals surface area contributed by atoms with Crippen molar-refractivity contribution < 1.29 is 14.3 Å². The number of ether oxygens (including phenoxy) is 2. The molecule has 3 rings (SSSR count). The molecule has 1 N–H and O–H groups in total. The lowest BCUT2D eigenvalue weighted by Gasteiger charge is -2.27. The number of aryl methyl sites for hydroxylation is 2. The van der Waals surface area contributed by atoms with Crippen molar-refractivity contribution in [3.8, 4) is 5.75 Å². The molecule has 2 heterocycles. The van der Waals surface area contributed by atoms with E-state index in [1.807, 2.05) is 38.1 Å². The lowest BCUT2D eigenvalue weighted by molar-refractivity contribution is -0.116. The fraction of sp³-hybridized carbons (Fsp3) is 0.400. The first kappa shape index (κ1) is 18.2. The summed E-state index contributed by atoms with van der Waals surface area (Å²) in [7, 11) is 0. The van der Waals surface area contributed by atoms with Gasteiger partial charge in [0.1, 0.15) is 11.6 Å².